The number of aliphatic hydroxyl groups is 1. The standard InChI is InChI=1S/C12H26O3/c1-4-11(5-2)10-12(13)6-7-15-9-8-14-3/h11-13H,4-10H2,1-3H3. The van der Waals surface area contributed by atoms with Crippen LogP contribution in [-0.4, -0.2) is 38.1 Å². The first-order valence-electron chi connectivity index (χ1n) is 5.99. The third-order valence-electron chi connectivity index (χ3n) is 2.79. The molecular formula is C12H26O3. The van der Waals surface area contributed by atoms with Crippen LogP contribution >= 0.6 is 0 Å². The van der Waals surface area contributed by atoms with Crippen LogP contribution in [-0.2, 0) is 9.47 Å². The van der Waals surface area contributed by atoms with Gasteiger partial charge in [0.15, 0.2) is 0 Å². The summed E-state index contributed by atoms with van der Waals surface area (Å²) in [4.78, 5) is 0. The third kappa shape index (κ3) is 8.85. The van der Waals surface area contributed by atoms with Gasteiger partial charge in [0.25, 0.3) is 0 Å². The molecule has 0 aromatic heterocycles. The summed E-state index contributed by atoms with van der Waals surface area (Å²) in [5.41, 5.74) is 0. The topological polar surface area (TPSA) is 38.7 Å². The molecule has 0 aromatic carbocycles. The molecule has 0 rings (SSSR count). The van der Waals surface area contributed by atoms with Gasteiger partial charge in [0, 0.05) is 13.7 Å². The van der Waals surface area contributed by atoms with Crippen molar-refractivity contribution in [1.82, 2.24) is 0 Å². The van der Waals surface area contributed by atoms with Crippen LogP contribution in [0, 0.1) is 5.92 Å². The number of aliphatic hydroxyl groups excluding tert-OH is 1. The molecule has 1 unspecified atom stereocenters. The van der Waals surface area contributed by atoms with Crippen molar-refractivity contribution in [3.05, 3.63) is 0 Å². The summed E-state index contributed by atoms with van der Waals surface area (Å²) in [7, 11) is 1.66. The second-order valence-electron chi connectivity index (χ2n) is 3.97. The minimum Gasteiger partial charge on any atom is -0.393 e. The van der Waals surface area contributed by atoms with Crippen molar-refractivity contribution < 1.29 is 14.6 Å². The Bertz CT molecular complexity index is 124. The SMILES string of the molecule is CCC(CC)CC(O)CCOCCOC. The summed E-state index contributed by atoms with van der Waals surface area (Å²) >= 11 is 0. The highest BCUT2D eigenvalue weighted by molar-refractivity contribution is 4.62. The number of methoxy groups -OCH3 is 1. The first kappa shape index (κ1) is 14.9. The van der Waals surface area contributed by atoms with E-state index in [2.05, 4.69) is 13.8 Å². The Balaban J connectivity index is 3.35. The van der Waals surface area contributed by atoms with Gasteiger partial charge in [0.2, 0.25) is 0 Å². The van der Waals surface area contributed by atoms with Crippen molar-refractivity contribution in [2.24, 2.45) is 5.92 Å². The molecule has 1 N–H and O–H groups in total. The molecule has 0 heterocycles. The fraction of sp³-hybridized carbons (Fsp3) is 1.00. The Kier molecular flexibility index (Phi) is 10.3. The van der Waals surface area contributed by atoms with Crippen molar-refractivity contribution in [1.29, 1.82) is 0 Å². The van der Waals surface area contributed by atoms with Crippen LogP contribution < -0.4 is 0 Å². The minimum absolute atomic E-state index is 0.211. The van der Waals surface area contributed by atoms with Crippen LogP contribution in [0.2, 0.25) is 0 Å². The Labute approximate surface area is 93.8 Å². The molecule has 92 valence electrons. The Morgan fingerprint density at radius 1 is 1.07 bits per heavy atom. The molecule has 0 aromatic rings. The first-order valence-corrected chi connectivity index (χ1v) is 5.99. The van der Waals surface area contributed by atoms with Crippen LogP contribution in [0.15, 0.2) is 0 Å². The minimum atomic E-state index is -0.211. The monoisotopic (exact) mass is 218 g/mol. The summed E-state index contributed by atoms with van der Waals surface area (Å²) in [6.45, 7) is 6.23. The highest BCUT2D eigenvalue weighted by Gasteiger charge is 2.10. The summed E-state index contributed by atoms with van der Waals surface area (Å²) in [5.74, 6) is 0.652. The molecule has 0 bridgehead atoms. The van der Waals surface area contributed by atoms with Crippen LogP contribution in [0.25, 0.3) is 0 Å². The average molecular weight is 218 g/mol. The van der Waals surface area contributed by atoms with Crippen LogP contribution in [0.1, 0.15) is 39.5 Å². The second-order valence-corrected chi connectivity index (χ2v) is 3.97. The fourth-order valence-electron chi connectivity index (χ4n) is 1.59. The van der Waals surface area contributed by atoms with Gasteiger partial charge in [-0.2, -0.15) is 0 Å². The van der Waals surface area contributed by atoms with Gasteiger partial charge in [0.05, 0.1) is 19.3 Å². The van der Waals surface area contributed by atoms with Crippen molar-refractivity contribution in [3.63, 3.8) is 0 Å². The zero-order valence-corrected chi connectivity index (χ0v) is 10.4. The maximum atomic E-state index is 9.73. The molecule has 0 aliphatic carbocycles. The van der Waals surface area contributed by atoms with Gasteiger partial charge in [-0.15, -0.1) is 0 Å². The van der Waals surface area contributed by atoms with Crippen LogP contribution in [0.5, 0.6) is 0 Å². The molecule has 0 radical (unpaired) electrons. The lowest BCUT2D eigenvalue weighted by Crippen LogP contribution is -2.16. The fourth-order valence-corrected chi connectivity index (χ4v) is 1.59. The van der Waals surface area contributed by atoms with Crippen molar-refractivity contribution in [2.75, 3.05) is 26.9 Å². The Hall–Kier alpha value is -0.120. The van der Waals surface area contributed by atoms with Gasteiger partial charge in [-0.1, -0.05) is 26.7 Å². The van der Waals surface area contributed by atoms with Gasteiger partial charge in [0.1, 0.15) is 0 Å². The Morgan fingerprint density at radius 2 is 1.73 bits per heavy atom. The summed E-state index contributed by atoms with van der Waals surface area (Å²) < 4.78 is 10.2. The molecule has 0 spiro atoms. The largest absolute Gasteiger partial charge is 0.393 e. The lowest BCUT2D eigenvalue weighted by Gasteiger charge is -2.17. The lowest BCUT2D eigenvalue weighted by molar-refractivity contribution is 0.0416. The van der Waals surface area contributed by atoms with Crippen LogP contribution in [0.3, 0.4) is 0 Å². The molecule has 0 saturated carbocycles. The smallest absolute Gasteiger partial charge is 0.0700 e. The highest BCUT2D eigenvalue weighted by atomic mass is 16.5. The number of rotatable bonds is 10. The molecule has 15 heavy (non-hydrogen) atoms. The average Bonchev–Trinajstić information content (AvgIpc) is 2.25. The zero-order valence-electron chi connectivity index (χ0n) is 10.4. The van der Waals surface area contributed by atoms with E-state index in [9.17, 15) is 5.11 Å². The van der Waals surface area contributed by atoms with Gasteiger partial charge in [-0.25, -0.2) is 0 Å². The zero-order chi connectivity index (χ0) is 11.5. The van der Waals surface area contributed by atoms with Gasteiger partial charge in [-0.05, 0) is 18.8 Å². The summed E-state index contributed by atoms with van der Waals surface area (Å²) in [5, 5.41) is 9.73. The van der Waals surface area contributed by atoms with Crippen molar-refractivity contribution >= 4 is 0 Å². The highest BCUT2D eigenvalue weighted by Crippen LogP contribution is 2.16. The van der Waals surface area contributed by atoms with Crippen molar-refractivity contribution in [2.45, 2.75) is 45.6 Å². The molecule has 0 amide bonds. The molecule has 0 fully saturated rings. The molecule has 3 nitrogen and oxygen atoms in total. The van der Waals surface area contributed by atoms with E-state index in [-0.39, 0.29) is 6.10 Å². The van der Waals surface area contributed by atoms with Gasteiger partial charge >= 0.3 is 0 Å². The van der Waals surface area contributed by atoms with Crippen LogP contribution in [0.4, 0.5) is 0 Å². The van der Waals surface area contributed by atoms with E-state index in [1.54, 1.807) is 7.11 Å². The quantitative estimate of drug-likeness (QED) is 0.571. The predicted molar refractivity (Wildman–Crippen MR) is 62.0 cm³/mol. The molecular weight excluding hydrogens is 192 g/mol. The summed E-state index contributed by atoms with van der Waals surface area (Å²) in [6, 6.07) is 0. The van der Waals surface area contributed by atoms with E-state index in [4.69, 9.17) is 9.47 Å². The number of ether oxygens (including phenoxy) is 2. The predicted octanol–water partition coefficient (Wildman–Crippen LogP) is 2.23. The molecule has 0 saturated heterocycles. The number of hydrogen-bond donors (Lipinski definition) is 1. The molecule has 0 aliphatic rings. The van der Waals surface area contributed by atoms with Gasteiger partial charge in [-0.3, -0.25) is 0 Å². The maximum Gasteiger partial charge on any atom is 0.0700 e. The van der Waals surface area contributed by atoms with E-state index in [1.165, 1.54) is 0 Å². The lowest BCUT2D eigenvalue weighted by atomic mass is 9.95. The molecule has 3 heteroatoms. The number of hydrogen-bond acceptors (Lipinski definition) is 3. The maximum absolute atomic E-state index is 9.73. The first-order chi connectivity index (χ1) is 7.24. The van der Waals surface area contributed by atoms with E-state index >= 15 is 0 Å². The molecule has 0 aliphatic heterocycles. The second kappa shape index (κ2) is 10.4. The van der Waals surface area contributed by atoms with E-state index in [0.717, 1.165) is 25.7 Å². The van der Waals surface area contributed by atoms with E-state index in [1.807, 2.05) is 0 Å². The Morgan fingerprint density at radius 3 is 2.27 bits per heavy atom. The van der Waals surface area contributed by atoms with E-state index < -0.39 is 0 Å². The third-order valence-corrected chi connectivity index (χ3v) is 2.79. The van der Waals surface area contributed by atoms with Gasteiger partial charge < -0.3 is 14.6 Å². The normalized spacial score (nSPS) is 13.4. The summed E-state index contributed by atoms with van der Waals surface area (Å²) in [6.07, 6.45) is 3.73. The molecule has 1 atom stereocenters. The van der Waals surface area contributed by atoms with Crippen molar-refractivity contribution in [3.8, 4) is 0 Å². The van der Waals surface area contributed by atoms with E-state index in [0.29, 0.717) is 25.7 Å².